The lowest BCUT2D eigenvalue weighted by Gasteiger charge is -2.07. The van der Waals surface area contributed by atoms with Crippen molar-refractivity contribution >= 4 is 0 Å². The Morgan fingerprint density at radius 1 is 0.571 bits per heavy atom. The molecule has 5 rings (SSSR count). The molecular weight excluding hydrogens is 528 g/mol. The van der Waals surface area contributed by atoms with E-state index in [9.17, 15) is 0 Å². The van der Waals surface area contributed by atoms with Gasteiger partial charge in [0.05, 0.1) is 12.4 Å². The molecule has 0 amide bonds. The number of ether oxygens (including phenoxy) is 2. The lowest BCUT2D eigenvalue weighted by molar-refractivity contribution is 0.318. The third-order valence-corrected chi connectivity index (χ3v) is 6.90. The van der Waals surface area contributed by atoms with Gasteiger partial charge in [-0.15, -0.1) is 10.2 Å². The maximum Gasteiger partial charge on any atom is 0.119 e. The van der Waals surface area contributed by atoms with E-state index in [1.54, 1.807) is 0 Å². The van der Waals surface area contributed by atoms with Gasteiger partial charge in [-0.05, 0) is 62.3 Å². The van der Waals surface area contributed by atoms with Crippen molar-refractivity contribution in [3.05, 3.63) is 96.3 Å². The van der Waals surface area contributed by atoms with Crippen molar-refractivity contribution in [2.45, 2.75) is 25.9 Å². The molecule has 42 heavy (non-hydrogen) atoms. The van der Waals surface area contributed by atoms with Gasteiger partial charge in [0.25, 0.3) is 0 Å². The second kappa shape index (κ2) is 14.9. The standard InChI is InChI=1S/C32H38N8O2/c1-33-17-21-41-29-11-3-25(4-12-29)15-19-39-23-31(35-37-39)27-7-9-28(10-8-27)32-24-40(38-36-32)20-16-26-5-13-30(14-6-26)42-22-18-34-2/h3-14,23-24,33-34H,15-22H2,1-2H3. The molecule has 2 aromatic heterocycles. The van der Waals surface area contributed by atoms with Crippen LogP contribution in [0.2, 0.25) is 0 Å². The van der Waals surface area contributed by atoms with Gasteiger partial charge in [-0.2, -0.15) is 0 Å². The van der Waals surface area contributed by atoms with Crippen molar-refractivity contribution in [2.24, 2.45) is 0 Å². The number of aryl methyl sites for hydroxylation is 4. The lowest BCUT2D eigenvalue weighted by Crippen LogP contribution is -2.15. The Morgan fingerprint density at radius 3 is 1.36 bits per heavy atom. The molecule has 218 valence electrons. The number of aromatic nitrogens is 6. The molecule has 5 aromatic rings. The van der Waals surface area contributed by atoms with E-state index in [2.05, 4.69) is 79.8 Å². The zero-order valence-corrected chi connectivity index (χ0v) is 24.2. The summed E-state index contributed by atoms with van der Waals surface area (Å²) in [6.07, 6.45) is 5.71. The zero-order valence-electron chi connectivity index (χ0n) is 24.2. The molecule has 0 saturated heterocycles. The predicted molar refractivity (Wildman–Crippen MR) is 164 cm³/mol. The van der Waals surface area contributed by atoms with Gasteiger partial charge in [0, 0.05) is 37.3 Å². The summed E-state index contributed by atoms with van der Waals surface area (Å²) < 4.78 is 15.2. The molecule has 0 saturated carbocycles. The number of nitrogens with zero attached hydrogens (tertiary/aromatic N) is 6. The Bertz CT molecular complexity index is 1380. The van der Waals surface area contributed by atoms with Crippen molar-refractivity contribution < 1.29 is 9.47 Å². The molecule has 0 aliphatic rings. The number of benzene rings is 3. The molecule has 3 aromatic carbocycles. The van der Waals surface area contributed by atoms with E-state index in [1.807, 2.05) is 60.1 Å². The van der Waals surface area contributed by atoms with E-state index in [-0.39, 0.29) is 0 Å². The van der Waals surface area contributed by atoms with Crippen LogP contribution in [0.3, 0.4) is 0 Å². The third-order valence-electron chi connectivity index (χ3n) is 6.90. The van der Waals surface area contributed by atoms with Gasteiger partial charge in [-0.1, -0.05) is 59.0 Å². The van der Waals surface area contributed by atoms with Crippen LogP contribution >= 0.6 is 0 Å². The largest absolute Gasteiger partial charge is 0.492 e. The topological polar surface area (TPSA) is 104 Å². The highest BCUT2D eigenvalue weighted by atomic mass is 16.5. The van der Waals surface area contributed by atoms with Crippen LogP contribution in [0, 0.1) is 0 Å². The molecule has 0 bridgehead atoms. The molecule has 0 aliphatic heterocycles. The molecule has 10 nitrogen and oxygen atoms in total. The summed E-state index contributed by atoms with van der Waals surface area (Å²) in [5.41, 5.74) is 6.17. The second-order valence-electron chi connectivity index (χ2n) is 10.0. The highest BCUT2D eigenvalue weighted by Gasteiger charge is 2.08. The minimum Gasteiger partial charge on any atom is -0.492 e. The van der Waals surface area contributed by atoms with Crippen LogP contribution in [-0.4, -0.2) is 70.4 Å². The summed E-state index contributed by atoms with van der Waals surface area (Å²) in [6.45, 7) is 4.47. The molecule has 0 aliphatic carbocycles. The third kappa shape index (κ3) is 8.25. The first-order valence-corrected chi connectivity index (χ1v) is 14.3. The van der Waals surface area contributed by atoms with Crippen LogP contribution in [0.5, 0.6) is 11.5 Å². The molecular formula is C32H38N8O2. The van der Waals surface area contributed by atoms with E-state index < -0.39 is 0 Å². The van der Waals surface area contributed by atoms with E-state index in [1.165, 1.54) is 11.1 Å². The maximum absolute atomic E-state index is 5.69. The summed E-state index contributed by atoms with van der Waals surface area (Å²) >= 11 is 0. The number of hydrogen-bond donors (Lipinski definition) is 2. The van der Waals surface area contributed by atoms with Gasteiger partial charge in [0.15, 0.2) is 0 Å². The van der Waals surface area contributed by atoms with E-state index in [4.69, 9.17) is 9.47 Å². The van der Waals surface area contributed by atoms with Crippen molar-refractivity contribution in [3.63, 3.8) is 0 Å². The quantitative estimate of drug-likeness (QED) is 0.174. The molecule has 10 heteroatoms. The summed E-state index contributed by atoms with van der Waals surface area (Å²) in [5.74, 6) is 1.77. The zero-order chi connectivity index (χ0) is 29.0. The monoisotopic (exact) mass is 566 g/mol. The van der Waals surface area contributed by atoms with E-state index in [0.717, 1.165) is 73.0 Å². The smallest absolute Gasteiger partial charge is 0.119 e. The summed E-state index contributed by atoms with van der Waals surface area (Å²) in [4.78, 5) is 0. The molecule has 0 radical (unpaired) electrons. The Morgan fingerprint density at radius 2 is 0.976 bits per heavy atom. The molecule has 0 spiro atoms. The Kier molecular flexibility index (Phi) is 10.3. The second-order valence-corrected chi connectivity index (χ2v) is 10.0. The molecule has 0 unspecified atom stereocenters. The fourth-order valence-corrected chi connectivity index (χ4v) is 4.43. The van der Waals surface area contributed by atoms with Crippen molar-refractivity contribution in [2.75, 3.05) is 40.4 Å². The van der Waals surface area contributed by atoms with Gasteiger partial charge in [-0.25, -0.2) is 0 Å². The van der Waals surface area contributed by atoms with Crippen LogP contribution in [0.1, 0.15) is 11.1 Å². The first-order valence-electron chi connectivity index (χ1n) is 14.3. The van der Waals surface area contributed by atoms with Gasteiger partial charge >= 0.3 is 0 Å². The van der Waals surface area contributed by atoms with Crippen LogP contribution < -0.4 is 20.1 Å². The van der Waals surface area contributed by atoms with Gasteiger partial charge in [0.1, 0.15) is 36.1 Å². The summed E-state index contributed by atoms with van der Waals surface area (Å²) in [6, 6.07) is 24.7. The van der Waals surface area contributed by atoms with Crippen LogP contribution in [0.4, 0.5) is 0 Å². The van der Waals surface area contributed by atoms with Crippen molar-refractivity contribution in [1.29, 1.82) is 0 Å². The van der Waals surface area contributed by atoms with Crippen molar-refractivity contribution in [1.82, 2.24) is 40.6 Å². The summed E-state index contributed by atoms with van der Waals surface area (Å²) in [7, 11) is 3.83. The molecule has 2 heterocycles. The first kappa shape index (κ1) is 29.0. The number of nitrogens with one attached hydrogen (secondary N) is 2. The number of hydrogen-bond acceptors (Lipinski definition) is 8. The molecule has 0 atom stereocenters. The fraction of sp³-hybridized carbons (Fsp3) is 0.312. The van der Waals surface area contributed by atoms with E-state index >= 15 is 0 Å². The maximum atomic E-state index is 5.69. The first-order chi connectivity index (χ1) is 20.7. The Balaban J connectivity index is 1.10. The highest BCUT2D eigenvalue weighted by molar-refractivity contribution is 5.65. The Hall–Kier alpha value is -4.54. The average molecular weight is 567 g/mol. The normalized spacial score (nSPS) is 11.1. The Labute approximate surface area is 246 Å². The molecule has 0 fully saturated rings. The highest BCUT2D eigenvalue weighted by Crippen LogP contribution is 2.22. The van der Waals surface area contributed by atoms with Crippen molar-refractivity contribution in [3.8, 4) is 34.0 Å². The fourth-order valence-electron chi connectivity index (χ4n) is 4.43. The number of likely N-dealkylation sites (N-methyl/N-ethyl adjacent to an activating group) is 2. The molecule has 2 N–H and O–H groups in total. The SMILES string of the molecule is CNCCOc1ccc(CCn2cc(-c3ccc(-c4cn(CCc5ccc(OCCNC)cc5)nn4)cc3)nn2)cc1. The van der Waals surface area contributed by atoms with Gasteiger partial charge in [0.2, 0.25) is 0 Å². The van der Waals surface area contributed by atoms with E-state index in [0.29, 0.717) is 13.2 Å². The predicted octanol–water partition coefficient (Wildman–Crippen LogP) is 3.89. The lowest BCUT2D eigenvalue weighted by atomic mass is 10.1. The van der Waals surface area contributed by atoms with Crippen LogP contribution in [0.25, 0.3) is 22.5 Å². The number of rotatable bonds is 16. The van der Waals surface area contributed by atoms with Gasteiger partial charge in [-0.3, -0.25) is 9.36 Å². The minimum absolute atomic E-state index is 0.656. The van der Waals surface area contributed by atoms with Crippen LogP contribution in [0.15, 0.2) is 85.2 Å². The van der Waals surface area contributed by atoms with Gasteiger partial charge < -0.3 is 20.1 Å². The van der Waals surface area contributed by atoms with Crippen LogP contribution in [-0.2, 0) is 25.9 Å². The average Bonchev–Trinajstić information content (AvgIpc) is 3.71. The summed E-state index contributed by atoms with van der Waals surface area (Å²) in [5, 5.41) is 23.6. The minimum atomic E-state index is 0.656.